The SMILES string of the molecule is CC(CO)CO.CC=C(C)C(=O)O. The number of aliphatic hydroxyl groups is 2. The summed E-state index contributed by atoms with van der Waals surface area (Å²) in [5.74, 6) is -0.799. The maximum Gasteiger partial charge on any atom is 0.330 e. The number of carboxylic acids is 1. The molecule has 4 nitrogen and oxygen atoms in total. The molecule has 0 radical (unpaired) electrons. The first-order valence-corrected chi connectivity index (χ1v) is 4.07. The highest BCUT2D eigenvalue weighted by atomic mass is 16.4. The molecule has 3 N–H and O–H groups in total. The average Bonchev–Trinajstić information content (AvgIpc) is 2.16. The van der Waals surface area contributed by atoms with Gasteiger partial charge >= 0.3 is 5.97 Å². The molecule has 0 spiro atoms. The smallest absolute Gasteiger partial charge is 0.330 e. The van der Waals surface area contributed by atoms with Crippen molar-refractivity contribution in [3.63, 3.8) is 0 Å². The van der Waals surface area contributed by atoms with E-state index >= 15 is 0 Å². The van der Waals surface area contributed by atoms with Crippen LogP contribution in [-0.4, -0.2) is 34.5 Å². The lowest BCUT2D eigenvalue weighted by Crippen LogP contribution is -2.04. The van der Waals surface area contributed by atoms with Crippen LogP contribution in [0.3, 0.4) is 0 Å². The second-order valence-electron chi connectivity index (χ2n) is 2.75. The summed E-state index contributed by atoms with van der Waals surface area (Å²) in [5.41, 5.74) is 0.389. The van der Waals surface area contributed by atoms with Crippen molar-refractivity contribution < 1.29 is 20.1 Å². The van der Waals surface area contributed by atoms with Gasteiger partial charge in [0.2, 0.25) is 0 Å². The van der Waals surface area contributed by atoms with E-state index in [1.54, 1.807) is 26.8 Å². The van der Waals surface area contributed by atoms with E-state index in [0.717, 1.165) is 0 Å². The molecule has 0 saturated heterocycles. The molecule has 13 heavy (non-hydrogen) atoms. The molecule has 0 aromatic heterocycles. The number of carboxylic acid groups (broad SMARTS) is 1. The van der Waals surface area contributed by atoms with Crippen LogP contribution in [0.25, 0.3) is 0 Å². The number of aliphatic hydroxyl groups excluding tert-OH is 2. The van der Waals surface area contributed by atoms with Crippen molar-refractivity contribution in [1.29, 1.82) is 0 Å². The van der Waals surface area contributed by atoms with Crippen LogP contribution >= 0.6 is 0 Å². The molecule has 0 heterocycles. The number of rotatable bonds is 3. The third kappa shape index (κ3) is 11.1. The Hall–Kier alpha value is -0.870. The fourth-order valence-corrected chi connectivity index (χ4v) is 0.181. The van der Waals surface area contributed by atoms with Crippen LogP contribution in [0, 0.1) is 5.92 Å². The molecule has 0 rings (SSSR count). The van der Waals surface area contributed by atoms with Crippen LogP contribution < -0.4 is 0 Å². The number of carbonyl (C=O) groups is 1. The number of aliphatic carboxylic acids is 1. The van der Waals surface area contributed by atoms with Gasteiger partial charge in [-0.2, -0.15) is 0 Å². The minimum Gasteiger partial charge on any atom is -0.478 e. The molecule has 0 aromatic carbocycles. The summed E-state index contributed by atoms with van der Waals surface area (Å²) < 4.78 is 0. The maximum absolute atomic E-state index is 9.86. The van der Waals surface area contributed by atoms with Gasteiger partial charge in [-0.25, -0.2) is 4.79 Å². The first-order chi connectivity index (χ1) is 5.99. The second-order valence-corrected chi connectivity index (χ2v) is 2.75. The normalized spacial score (nSPS) is 10.8. The van der Waals surface area contributed by atoms with Crippen molar-refractivity contribution >= 4 is 5.97 Å². The van der Waals surface area contributed by atoms with Crippen molar-refractivity contribution in [2.45, 2.75) is 20.8 Å². The molecule has 4 heteroatoms. The highest BCUT2D eigenvalue weighted by Gasteiger charge is 1.93. The molecule has 0 aliphatic rings. The first kappa shape index (κ1) is 14.6. The van der Waals surface area contributed by atoms with Gasteiger partial charge in [-0.05, 0) is 13.8 Å². The number of hydrogen-bond acceptors (Lipinski definition) is 3. The van der Waals surface area contributed by atoms with E-state index in [0.29, 0.717) is 5.57 Å². The van der Waals surface area contributed by atoms with Crippen LogP contribution in [-0.2, 0) is 4.79 Å². The Labute approximate surface area is 78.5 Å². The second kappa shape index (κ2) is 9.22. The lowest BCUT2D eigenvalue weighted by Gasteiger charge is -1.97. The van der Waals surface area contributed by atoms with Gasteiger partial charge in [0.1, 0.15) is 0 Å². The topological polar surface area (TPSA) is 77.8 Å². The largest absolute Gasteiger partial charge is 0.478 e. The van der Waals surface area contributed by atoms with E-state index in [4.69, 9.17) is 15.3 Å². The number of allylic oxidation sites excluding steroid dienone is 1. The van der Waals surface area contributed by atoms with Gasteiger partial charge in [0, 0.05) is 24.7 Å². The van der Waals surface area contributed by atoms with Crippen LogP contribution in [0.1, 0.15) is 20.8 Å². The molecule has 78 valence electrons. The fraction of sp³-hybridized carbons (Fsp3) is 0.667. The molecular weight excluding hydrogens is 172 g/mol. The van der Waals surface area contributed by atoms with Gasteiger partial charge in [-0.1, -0.05) is 13.0 Å². The molecule has 0 unspecified atom stereocenters. The lowest BCUT2D eigenvalue weighted by atomic mass is 10.2. The third-order valence-corrected chi connectivity index (χ3v) is 1.39. The summed E-state index contributed by atoms with van der Waals surface area (Å²) in [6, 6.07) is 0. The van der Waals surface area contributed by atoms with Crippen LogP contribution in [0.4, 0.5) is 0 Å². The van der Waals surface area contributed by atoms with Crippen molar-refractivity contribution in [3.05, 3.63) is 11.6 Å². The third-order valence-electron chi connectivity index (χ3n) is 1.39. The number of hydrogen-bond donors (Lipinski definition) is 3. The monoisotopic (exact) mass is 190 g/mol. The van der Waals surface area contributed by atoms with Gasteiger partial charge in [0.05, 0.1) is 0 Å². The highest BCUT2D eigenvalue weighted by molar-refractivity contribution is 5.85. The van der Waals surface area contributed by atoms with Gasteiger partial charge in [-0.3, -0.25) is 0 Å². The zero-order valence-corrected chi connectivity index (χ0v) is 8.32. The summed E-state index contributed by atoms with van der Waals surface area (Å²) >= 11 is 0. The zero-order chi connectivity index (χ0) is 10.9. The minimum atomic E-state index is -0.845. The first-order valence-electron chi connectivity index (χ1n) is 4.07. The summed E-state index contributed by atoms with van der Waals surface area (Å²) in [5, 5.41) is 24.5. The van der Waals surface area contributed by atoms with Gasteiger partial charge in [-0.15, -0.1) is 0 Å². The van der Waals surface area contributed by atoms with Crippen LogP contribution in [0.15, 0.2) is 11.6 Å². The van der Waals surface area contributed by atoms with Crippen molar-refractivity contribution in [2.24, 2.45) is 5.92 Å². The molecule has 0 aromatic rings. The Morgan fingerprint density at radius 1 is 1.38 bits per heavy atom. The van der Waals surface area contributed by atoms with E-state index in [1.165, 1.54) is 0 Å². The lowest BCUT2D eigenvalue weighted by molar-refractivity contribution is -0.132. The Morgan fingerprint density at radius 3 is 1.77 bits per heavy atom. The zero-order valence-electron chi connectivity index (χ0n) is 8.32. The van der Waals surface area contributed by atoms with Gasteiger partial charge in [0.25, 0.3) is 0 Å². The summed E-state index contributed by atoms with van der Waals surface area (Å²) in [6.45, 7) is 5.19. The maximum atomic E-state index is 9.86. The fourth-order valence-electron chi connectivity index (χ4n) is 0.181. The van der Waals surface area contributed by atoms with E-state index in [9.17, 15) is 4.79 Å². The van der Waals surface area contributed by atoms with Crippen molar-refractivity contribution in [2.75, 3.05) is 13.2 Å². The molecule has 0 fully saturated rings. The predicted octanol–water partition coefficient (Wildman–Crippen LogP) is 0.644. The highest BCUT2D eigenvalue weighted by Crippen LogP contribution is 1.87. The van der Waals surface area contributed by atoms with Crippen molar-refractivity contribution in [1.82, 2.24) is 0 Å². The molecule has 0 amide bonds. The Morgan fingerprint density at radius 2 is 1.77 bits per heavy atom. The minimum absolute atomic E-state index is 0.0463. The summed E-state index contributed by atoms with van der Waals surface area (Å²) in [6.07, 6.45) is 1.56. The van der Waals surface area contributed by atoms with Crippen LogP contribution in [0.2, 0.25) is 0 Å². The Kier molecular flexibility index (Phi) is 10.4. The molecule has 0 aliphatic heterocycles. The van der Waals surface area contributed by atoms with E-state index in [-0.39, 0.29) is 19.1 Å². The quantitative estimate of drug-likeness (QED) is 0.571. The van der Waals surface area contributed by atoms with Gasteiger partial charge in [0.15, 0.2) is 0 Å². The van der Waals surface area contributed by atoms with E-state index in [1.807, 2.05) is 0 Å². The summed E-state index contributed by atoms with van der Waals surface area (Å²) in [4.78, 5) is 9.86. The Bertz CT molecular complexity index is 159. The van der Waals surface area contributed by atoms with E-state index < -0.39 is 5.97 Å². The molecular formula is C9H18O4. The van der Waals surface area contributed by atoms with E-state index in [2.05, 4.69) is 0 Å². The molecule has 0 bridgehead atoms. The van der Waals surface area contributed by atoms with Crippen molar-refractivity contribution in [3.8, 4) is 0 Å². The van der Waals surface area contributed by atoms with Gasteiger partial charge < -0.3 is 15.3 Å². The van der Waals surface area contributed by atoms with Crippen LogP contribution in [0.5, 0.6) is 0 Å². The molecule has 0 saturated carbocycles. The summed E-state index contributed by atoms with van der Waals surface area (Å²) in [7, 11) is 0. The Balaban J connectivity index is 0. The molecule has 0 aliphatic carbocycles. The average molecular weight is 190 g/mol. The standard InChI is InChI=1S/C5H8O2.C4H10O2/c1-3-4(2)5(6)7;1-4(2-5)3-6/h3H,1-2H3,(H,6,7);4-6H,2-3H2,1H3. The predicted molar refractivity (Wildman–Crippen MR) is 50.4 cm³/mol. The molecule has 0 atom stereocenters.